The molecule has 0 spiro atoms. The van der Waals surface area contributed by atoms with Crippen molar-refractivity contribution >= 4 is 17.3 Å². The summed E-state index contributed by atoms with van der Waals surface area (Å²) in [6.45, 7) is 1.93. The van der Waals surface area contributed by atoms with E-state index in [0.717, 1.165) is 17.7 Å². The lowest BCUT2D eigenvalue weighted by molar-refractivity contribution is 0.0855. The second-order valence-electron chi connectivity index (χ2n) is 3.43. The lowest BCUT2D eigenvalue weighted by Gasteiger charge is -2.08. The number of alkyl halides is 1. The Kier molecular flexibility index (Phi) is 2.73. The molecule has 0 radical (unpaired) electrons. The minimum atomic E-state index is -0.0000350. The van der Waals surface area contributed by atoms with E-state index in [9.17, 15) is 0 Å². The second kappa shape index (κ2) is 4.01. The monoisotopic (exact) mass is 209 g/mol. The third kappa shape index (κ3) is 1.90. The molecule has 1 aromatic rings. The third-order valence-corrected chi connectivity index (χ3v) is 2.59. The lowest BCUT2D eigenvalue weighted by atomic mass is 10.0. The Hall–Kier alpha value is -1.02. The van der Waals surface area contributed by atoms with E-state index in [2.05, 4.69) is 5.16 Å². The molecule has 2 rings (SSSR count). The van der Waals surface area contributed by atoms with E-state index in [1.54, 1.807) is 0 Å². The first-order chi connectivity index (χ1) is 6.77. The van der Waals surface area contributed by atoms with Crippen molar-refractivity contribution in [1.82, 2.24) is 0 Å². The molecule has 1 aromatic carbocycles. The molecule has 0 aromatic heterocycles. The van der Waals surface area contributed by atoms with Crippen LogP contribution in [0.5, 0.6) is 0 Å². The number of hydrogen-bond donors (Lipinski definition) is 0. The molecule has 0 saturated heterocycles. The fourth-order valence-corrected chi connectivity index (χ4v) is 1.58. The molecular formula is C11H12ClNO. The molecule has 0 N–H and O–H groups in total. The van der Waals surface area contributed by atoms with Crippen molar-refractivity contribution in [2.45, 2.75) is 24.8 Å². The molecule has 0 bridgehead atoms. The van der Waals surface area contributed by atoms with E-state index in [1.165, 1.54) is 0 Å². The molecule has 2 unspecified atom stereocenters. The molecule has 1 aliphatic rings. The van der Waals surface area contributed by atoms with Gasteiger partial charge in [0.1, 0.15) is 6.10 Å². The summed E-state index contributed by atoms with van der Waals surface area (Å²) >= 11 is 5.94. The van der Waals surface area contributed by atoms with Crippen molar-refractivity contribution in [2.75, 3.05) is 0 Å². The molecule has 0 amide bonds. The van der Waals surface area contributed by atoms with Gasteiger partial charge in [-0.25, -0.2) is 0 Å². The number of halogens is 1. The predicted molar refractivity (Wildman–Crippen MR) is 57.8 cm³/mol. The van der Waals surface area contributed by atoms with Crippen LogP contribution in [0.25, 0.3) is 0 Å². The van der Waals surface area contributed by atoms with Crippen LogP contribution in [0.4, 0.5) is 0 Å². The van der Waals surface area contributed by atoms with Crippen LogP contribution in [-0.2, 0) is 4.84 Å². The molecule has 0 fully saturated rings. The number of hydrogen-bond acceptors (Lipinski definition) is 2. The van der Waals surface area contributed by atoms with E-state index in [0.29, 0.717) is 0 Å². The standard InChI is InChI=1S/C11H12ClNO/c1-8(12)11-7-10(13-14-11)9-5-3-2-4-6-9/h2-6,8,11H,7H2,1H3. The maximum Gasteiger partial charge on any atom is 0.149 e. The summed E-state index contributed by atoms with van der Waals surface area (Å²) in [6, 6.07) is 10.0. The first-order valence-electron chi connectivity index (χ1n) is 4.69. The Morgan fingerprint density at radius 3 is 2.71 bits per heavy atom. The summed E-state index contributed by atoms with van der Waals surface area (Å²) in [6.07, 6.45) is 0.821. The number of rotatable bonds is 2. The van der Waals surface area contributed by atoms with Gasteiger partial charge in [-0.2, -0.15) is 0 Å². The number of oxime groups is 1. The van der Waals surface area contributed by atoms with Crippen molar-refractivity contribution < 1.29 is 4.84 Å². The summed E-state index contributed by atoms with van der Waals surface area (Å²) in [5, 5.41) is 4.04. The summed E-state index contributed by atoms with van der Waals surface area (Å²) < 4.78 is 0. The van der Waals surface area contributed by atoms with Crippen molar-refractivity contribution in [2.24, 2.45) is 5.16 Å². The van der Waals surface area contributed by atoms with Gasteiger partial charge < -0.3 is 4.84 Å². The Morgan fingerprint density at radius 2 is 2.14 bits per heavy atom. The highest BCUT2D eigenvalue weighted by Gasteiger charge is 2.25. The maximum absolute atomic E-state index is 5.94. The van der Waals surface area contributed by atoms with E-state index in [1.807, 2.05) is 37.3 Å². The molecule has 0 aliphatic carbocycles. The molecule has 1 aliphatic heterocycles. The Bertz CT molecular complexity index is 334. The summed E-state index contributed by atoms with van der Waals surface area (Å²) in [7, 11) is 0. The quantitative estimate of drug-likeness (QED) is 0.687. The Balaban J connectivity index is 2.09. The molecule has 2 nitrogen and oxygen atoms in total. The van der Waals surface area contributed by atoms with Crippen LogP contribution in [0.2, 0.25) is 0 Å². The van der Waals surface area contributed by atoms with Crippen LogP contribution >= 0.6 is 11.6 Å². The highest BCUT2D eigenvalue weighted by Crippen LogP contribution is 2.21. The highest BCUT2D eigenvalue weighted by atomic mass is 35.5. The van der Waals surface area contributed by atoms with Gasteiger partial charge in [0.15, 0.2) is 0 Å². The molecule has 2 atom stereocenters. The van der Waals surface area contributed by atoms with Crippen LogP contribution in [0, 0.1) is 0 Å². The van der Waals surface area contributed by atoms with Gasteiger partial charge in [0.25, 0.3) is 0 Å². The third-order valence-electron chi connectivity index (χ3n) is 2.31. The second-order valence-corrected chi connectivity index (χ2v) is 4.12. The topological polar surface area (TPSA) is 21.6 Å². The van der Waals surface area contributed by atoms with Gasteiger partial charge in [0.2, 0.25) is 0 Å². The zero-order valence-corrected chi connectivity index (χ0v) is 8.74. The van der Waals surface area contributed by atoms with Gasteiger partial charge in [0, 0.05) is 6.42 Å². The average Bonchev–Trinajstić information content (AvgIpc) is 2.68. The van der Waals surface area contributed by atoms with Crippen LogP contribution in [0.3, 0.4) is 0 Å². The molecule has 1 heterocycles. The average molecular weight is 210 g/mol. The Labute approximate surface area is 88.5 Å². The Morgan fingerprint density at radius 1 is 1.43 bits per heavy atom. The van der Waals surface area contributed by atoms with E-state index < -0.39 is 0 Å². The zero-order chi connectivity index (χ0) is 9.97. The fraction of sp³-hybridized carbons (Fsp3) is 0.364. The molecule has 0 saturated carbocycles. The first-order valence-corrected chi connectivity index (χ1v) is 5.13. The van der Waals surface area contributed by atoms with Crippen molar-refractivity contribution in [3.8, 4) is 0 Å². The van der Waals surface area contributed by atoms with E-state index in [4.69, 9.17) is 16.4 Å². The van der Waals surface area contributed by atoms with Gasteiger partial charge in [-0.05, 0) is 12.5 Å². The van der Waals surface area contributed by atoms with Crippen LogP contribution in [-0.4, -0.2) is 17.2 Å². The largest absolute Gasteiger partial charge is 0.390 e. The maximum atomic E-state index is 5.94. The van der Waals surface area contributed by atoms with Gasteiger partial charge in [-0.15, -0.1) is 11.6 Å². The minimum Gasteiger partial charge on any atom is -0.390 e. The van der Waals surface area contributed by atoms with Gasteiger partial charge >= 0.3 is 0 Å². The number of benzene rings is 1. The van der Waals surface area contributed by atoms with Crippen LogP contribution < -0.4 is 0 Å². The highest BCUT2D eigenvalue weighted by molar-refractivity contribution is 6.21. The van der Waals surface area contributed by atoms with Gasteiger partial charge in [-0.3, -0.25) is 0 Å². The summed E-state index contributed by atoms with van der Waals surface area (Å²) in [5.74, 6) is 0. The molecular weight excluding hydrogens is 198 g/mol. The van der Waals surface area contributed by atoms with Crippen molar-refractivity contribution in [3.05, 3.63) is 35.9 Å². The first kappa shape index (κ1) is 9.53. The normalized spacial score (nSPS) is 22.7. The van der Waals surface area contributed by atoms with Crippen LogP contribution in [0.1, 0.15) is 18.9 Å². The van der Waals surface area contributed by atoms with Crippen molar-refractivity contribution in [1.29, 1.82) is 0 Å². The van der Waals surface area contributed by atoms with Gasteiger partial charge in [-0.1, -0.05) is 35.5 Å². The predicted octanol–water partition coefficient (Wildman–Crippen LogP) is 2.81. The summed E-state index contributed by atoms with van der Waals surface area (Å²) in [4.78, 5) is 5.24. The van der Waals surface area contributed by atoms with Gasteiger partial charge in [0.05, 0.1) is 11.1 Å². The zero-order valence-electron chi connectivity index (χ0n) is 7.98. The van der Waals surface area contributed by atoms with E-state index in [-0.39, 0.29) is 11.5 Å². The molecule has 74 valence electrons. The summed E-state index contributed by atoms with van der Waals surface area (Å²) in [5.41, 5.74) is 2.11. The lowest BCUT2D eigenvalue weighted by Crippen LogP contribution is -2.18. The molecule has 14 heavy (non-hydrogen) atoms. The SMILES string of the molecule is CC(Cl)C1CC(c2ccccc2)=NO1. The number of nitrogens with zero attached hydrogens (tertiary/aromatic N) is 1. The van der Waals surface area contributed by atoms with E-state index >= 15 is 0 Å². The smallest absolute Gasteiger partial charge is 0.149 e. The minimum absolute atomic E-state index is 0.0000350. The fourth-order valence-electron chi connectivity index (χ4n) is 1.44. The van der Waals surface area contributed by atoms with Crippen LogP contribution in [0.15, 0.2) is 35.5 Å². The van der Waals surface area contributed by atoms with Crippen molar-refractivity contribution in [3.63, 3.8) is 0 Å². The molecule has 3 heteroatoms.